The molecule has 5 nitrogen and oxygen atoms in total. The lowest BCUT2D eigenvalue weighted by molar-refractivity contribution is -0.00638. The molecule has 2 fully saturated rings. The molecule has 1 aromatic heterocycles. The third kappa shape index (κ3) is 2.80. The molecule has 26 heavy (non-hydrogen) atoms. The summed E-state index contributed by atoms with van der Waals surface area (Å²) in [6, 6.07) is 9.40. The Kier molecular flexibility index (Phi) is 4.08. The Labute approximate surface area is 151 Å². The molecule has 2 aliphatic rings. The molecule has 2 aliphatic heterocycles. The molecule has 2 saturated heterocycles. The number of nitrogens with one attached hydrogen (secondary N) is 1. The summed E-state index contributed by atoms with van der Waals surface area (Å²) in [4.78, 5) is 18.4. The molecular formula is C20H19FN4O. The number of urea groups is 1. The lowest BCUT2D eigenvalue weighted by Gasteiger charge is -2.54. The zero-order chi connectivity index (χ0) is 18.3. The van der Waals surface area contributed by atoms with Crippen LogP contribution in [-0.2, 0) is 0 Å². The van der Waals surface area contributed by atoms with Gasteiger partial charge in [0.25, 0.3) is 0 Å². The molecule has 1 aromatic carbocycles. The van der Waals surface area contributed by atoms with Crippen molar-refractivity contribution < 1.29 is 9.18 Å². The van der Waals surface area contributed by atoms with Gasteiger partial charge in [-0.05, 0) is 55.5 Å². The fourth-order valence-electron chi connectivity index (χ4n) is 4.04. The van der Waals surface area contributed by atoms with Gasteiger partial charge in [0, 0.05) is 23.5 Å². The van der Waals surface area contributed by atoms with E-state index in [1.165, 1.54) is 12.3 Å². The molecule has 0 spiro atoms. The molecule has 4 rings (SSSR count). The van der Waals surface area contributed by atoms with Crippen LogP contribution >= 0.6 is 0 Å². The van der Waals surface area contributed by atoms with Crippen LogP contribution in [0.25, 0.3) is 11.1 Å². The minimum atomic E-state index is -0.396. The summed E-state index contributed by atoms with van der Waals surface area (Å²) in [7, 11) is 0. The van der Waals surface area contributed by atoms with E-state index in [2.05, 4.69) is 16.4 Å². The number of carbonyl (C=O) groups excluding carboxylic acids is 1. The largest absolute Gasteiger partial charge is 0.322 e. The Bertz CT molecular complexity index is 905. The maximum atomic E-state index is 13.5. The van der Waals surface area contributed by atoms with Gasteiger partial charge in [-0.15, -0.1) is 0 Å². The summed E-state index contributed by atoms with van der Waals surface area (Å²) in [5.41, 5.74) is 3.12. The van der Waals surface area contributed by atoms with Gasteiger partial charge < -0.3 is 10.2 Å². The zero-order valence-corrected chi connectivity index (χ0v) is 14.4. The zero-order valence-electron chi connectivity index (χ0n) is 14.4. The van der Waals surface area contributed by atoms with E-state index in [9.17, 15) is 14.4 Å². The highest BCUT2D eigenvalue weighted by atomic mass is 19.1. The standard InChI is InChI=1S/C20H19FN4O/c1-12-2-4-16(7-18(12)14-6-15(21)11-23-10-14)24-20(26)25-17-5-3-13(9-22)19(25)8-17/h2,4,6-7,10-11,13,17,19H,3,5,8H2,1H3,(H,24,26)/t13-,17-,19-/m1/s1. The summed E-state index contributed by atoms with van der Waals surface area (Å²) >= 11 is 0. The summed E-state index contributed by atoms with van der Waals surface area (Å²) in [6.45, 7) is 1.93. The molecule has 6 heteroatoms. The van der Waals surface area contributed by atoms with Crippen LogP contribution in [0.1, 0.15) is 24.8 Å². The second-order valence-corrected chi connectivity index (χ2v) is 7.03. The Balaban J connectivity index is 1.55. The molecule has 2 aromatic rings. The van der Waals surface area contributed by atoms with Gasteiger partial charge in [-0.25, -0.2) is 9.18 Å². The van der Waals surface area contributed by atoms with Crippen molar-refractivity contribution in [3.63, 3.8) is 0 Å². The highest BCUT2D eigenvalue weighted by Crippen LogP contribution is 2.42. The van der Waals surface area contributed by atoms with Gasteiger partial charge in [0.1, 0.15) is 5.82 Å². The third-order valence-electron chi connectivity index (χ3n) is 5.44. The van der Waals surface area contributed by atoms with E-state index < -0.39 is 5.82 Å². The maximum Gasteiger partial charge on any atom is 0.322 e. The van der Waals surface area contributed by atoms with Crippen molar-refractivity contribution in [1.29, 1.82) is 5.26 Å². The molecule has 3 atom stereocenters. The molecule has 0 unspecified atom stereocenters. The number of hydrogen-bond acceptors (Lipinski definition) is 3. The second-order valence-electron chi connectivity index (χ2n) is 7.03. The number of benzene rings is 1. The number of piperidine rings is 1. The van der Waals surface area contributed by atoms with Crippen LogP contribution in [0.15, 0.2) is 36.7 Å². The Morgan fingerprint density at radius 1 is 1.35 bits per heavy atom. The minimum absolute atomic E-state index is 0.0242. The fourth-order valence-corrected chi connectivity index (χ4v) is 4.04. The van der Waals surface area contributed by atoms with Crippen molar-refractivity contribution in [2.24, 2.45) is 5.92 Å². The van der Waals surface area contributed by atoms with Gasteiger partial charge in [0.2, 0.25) is 0 Å². The van der Waals surface area contributed by atoms with Crippen LogP contribution < -0.4 is 5.32 Å². The normalized spacial score (nSPS) is 23.7. The quantitative estimate of drug-likeness (QED) is 0.886. The number of halogens is 1. The summed E-state index contributed by atoms with van der Waals surface area (Å²) in [6.07, 6.45) is 5.44. The molecule has 1 N–H and O–H groups in total. The number of nitrogens with zero attached hydrogens (tertiary/aromatic N) is 3. The molecule has 0 aliphatic carbocycles. The molecule has 0 saturated carbocycles. The molecular weight excluding hydrogens is 331 g/mol. The fraction of sp³-hybridized carbons (Fsp3) is 0.350. The van der Waals surface area contributed by atoms with Crippen LogP contribution in [0, 0.1) is 30.0 Å². The van der Waals surface area contributed by atoms with E-state index in [4.69, 9.17) is 0 Å². The van der Waals surface area contributed by atoms with Crippen molar-refractivity contribution in [2.75, 3.05) is 5.32 Å². The highest BCUT2D eigenvalue weighted by molar-refractivity contribution is 5.91. The Hall–Kier alpha value is -2.94. The third-order valence-corrected chi connectivity index (χ3v) is 5.44. The number of rotatable bonds is 2. The highest BCUT2D eigenvalue weighted by Gasteiger charge is 2.49. The van der Waals surface area contributed by atoms with Gasteiger partial charge >= 0.3 is 6.03 Å². The van der Waals surface area contributed by atoms with Crippen molar-refractivity contribution >= 4 is 11.7 Å². The van der Waals surface area contributed by atoms with Gasteiger partial charge in [-0.2, -0.15) is 5.26 Å². The number of pyridine rings is 1. The van der Waals surface area contributed by atoms with Gasteiger partial charge in [0.15, 0.2) is 0 Å². The van der Waals surface area contributed by atoms with Gasteiger partial charge in [-0.1, -0.05) is 6.07 Å². The number of aryl methyl sites for hydroxylation is 1. The predicted molar refractivity (Wildman–Crippen MR) is 95.8 cm³/mol. The first kappa shape index (κ1) is 16.5. The summed E-state index contributed by atoms with van der Waals surface area (Å²) in [5, 5.41) is 12.2. The Morgan fingerprint density at radius 3 is 2.92 bits per heavy atom. The SMILES string of the molecule is Cc1ccc(NC(=O)N2[C@@H]3CC[C@H](C#N)[C@H]2C3)cc1-c1cncc(F)c1. The van der Waals surface area contributed by atoms with E-state index in [1.807, 2.05) is 25.1 Å². The number of anilines is 1. The molecule has 2 bridgehead atoms. The van der Waals surface area contributed by atoms with Crippen molar-refractivity contribution in [3.8, 4) is 17.2 Å². The number of hydrogen-bond donors (Lipinski definition) is 1. The lowest BCUT2D eigenvalue weighted by Crippen LogP contribution is -2.65. The number of nitriles is 1. The number of amides is 2. The van der Waals surface area contributed by atoms with Gasteiger partial charge in [-0.3, -0.25) is 4.98 Å². The maximum absolute atomic E-state index is 13.5. The predicted octanol–water partition coefficient (Wildman–Crippen LogP) is 4.10. The van der Waals surface area contributed by atoms with Crippen LogP contribution in [0.3, 0.4) is 0 Å². The monoisotopic (exact) mass is 350 g/mol. The first-order valence-corrected chi connectivity index (χ1v) is 8.77. The number of carbonyl (C=O) groups is 1. The van der Waals surface area contributed by atoms with Crippen LogP contribution in [0.5, 0.6) is 0 Å². The van der Waals surface area contributed by atoms with Crippen LogP contribution in [0.2, 0.25) is 0 Å². The smallest absolute Gasteiger partial charge is 0.317 e. The topological polar surface area (TPSA) is 69.0 Å². The van der Waals surface area contributed by atoms with E-state index in [-0.39, 0.29) is 24.0 Å². The Morgan fingerprint density at radius 2 is 2.19 bits per heavy atom. The van der Waals surface area contributed by atoms with Crippen LogP contribution in [0.4, 0.5) is 14.9 Å². The molecule has 3 heterocycles. The van der Waals surface area contributed by atoms with E-state index in [1.54, 1.807) is 11.1 Å². The van der Waals surface area contributed by atoms with E-state index in [0.717, 1.165) is 30.4 Å². The second kappa shape index (κ2) is 6.41. The summed E-state index contributed by atoms with van der Waals surface area (Å²) < 4.78 is 13.5. The van der Waals surface area contributed by atoms with E-state index in [0.29, 0.717) is 11.3 Å². The first-order valence-electron chi connectivity index (χ1n) is 8.77. The summed E-state index contributed by atoms with van der Waals surface area (Å²) in [5.74, 6) is -0.468. The first-order chi connectivity index (χ1) is 12.6. The number of aromatic nitrogens is 1. The van der Waals surface area contributed by atoms with Crippen molar-refractivity contribution in [2.45, 2.75) is 38.3 Å². The average molecular weight is 350 g/mol. The average Bonchev–Trinajstić information content (AvgIpc) is 2.63. The lowest BCUT2D eigenvalue weighted by atomic mass is 9.73. The molecule has 132 valence electrons. The minimum Gasteiger partial charge on any atom is -0.317 e. The van der Waals surface area contributed by atoms with Crippen molar-refractivity contribution in [3.05, 3.63) is 48.0 Å². The van der Waals surface area contributed by atoms with Crippen LogP contribution in [-0.4, -0.2) is 28.0 Å². The molecule has 0 radical (unpaired) electrons. The number of fused-ring (bicyclic) bond motifs is 2. The van der Waals surface area contributed by atoms with Crippen molar-refractivity contribution in [1.82, 2.24) is 9.88 Å². The van der Waals surface area contributed by atoms with E-state index >= 15 is 0 Å². The molecule has 2 amide bonds. The van der Waals surface area contributed by atoms with Gasteiger partial charge in [0.05, 0.1) is 24.2 Å².